The van der Waals surface area contributed by atoms with Crippen molar-refractivity contribution in [2.45, 2.75) is 17.9 Å². The Labute approximate surface area is 218 Å². The number of benzene rings is 2. The van der Waals surface area contributed by atoms with Crippen molar-refractivity contribution < 1.29 is 41.9 Å². The van der Waals surface area contributed by atoms with Gasteiger partial charge < -0.3 is 33.5 Å². The summed E-state index contributed by atoms with van der Waals surface area (Å²) in [5.41, 5.74) is 0. The van der Waals surface area contributed by atoms with E-state index in [-0.39, 0.29) is 64.7 Å². The van der Waals surface area contributed by atoms with E-state index in [2.05, 4.69) is 14.7 Å². The molecular formula is C23H24ClN3O9S. The number of nitrogens with one attached hydrogen (secondary N) is 1. The SMILES string of the molecule is COc1ccc(Cl)c(Oc2c(NS(=O)(=O)c3ccc4c(c3)OCO4)nc(C(C)OC)nc2OCCO)c1. The lowest BCUT2D eigenvalue weighted by Crippen LogP contribution is -2.18. The minimum atomic E-state index is -4.22. The minimum absolute atomic E-state index is 0.0126. The third-order valence-corrected chi connectivity index (χ3v) is 6.78. The van der Waals surface area contributed by atoms with Gasteiger partial charge in [-0.2, -0.15) is 4.98 Å². The zero-order valence-electron chi connectivity index (χ0n) is 20.1. The third kappa shape index (κ3) is 5.91. The van der Waals surface area contributed by atoms with Crippen LogP contribution in [0.3, 0.4) is 0 Å². The summed E-state index contributed by atoms with van der Waals surface area (Å²) in [7, 11) is -1.30. The number of hydrogen-bond donors (Lipinski definition) is 2. The molecule has 198 valence electrons. The van der Waals surface area contributed by atoms with Gasteiger partial charge in [-0.3, -0.25) is 4.72 Å². The second kappa shape index (κ2) is 11.3. The van der Waals surface area contributed by atoms with Crippen LogP contribution in [0.25, 0.3) is 0 Å². The Balaban J connectivity index is 1.83. The van der Waals surface area contributed by atoms with Gasteiger partial charge in [-0.15, -0.1) is 0 Å². The average molecular weight is 554 g/mol. The van der Waals surface area contributed by atoms with Gasteiger partial charge in [-0.25, -0.2) is 13.4 Å². The molecule has 14 heteroatoms. The van der Waals surface area contributed by atoms with Gasteiger partial charge >= 0.3 is 0 Å². The highest BCUT2D eigenvalue weighted by molar-refractivity contribution is 7.92. The van der Waals surface area contributed by atoms with Crippen molar-refractivity contribution in [3.63, 3.8) is 0 Å². The molecule has 0 radical (unpaired) electrons. The van der Waals surface area contributed by atoms with Crippen LogP contribution in [-0.4, -0.2) is 57.7 Å². The van der Waals surface area contributed by atoms with Gasteiger partial charge in [0.2, 0.25) is 12.5 Å². The lowest BCUT2D eigenvalue weighted by Gasteiger charge is -2.19. The number of methoxy groups -OCH3 is 2. The molecule has 4 rings (SSSR count). The number of aliphatic hydroxyl groups excluding tert-OH is 1. The van der Waals surface area contributed by atoms with E-state index in [1.54, 1.807) is 19.1 Å². The molecule has 3 aromatic rings. The van der Waals surface area contributed by atoms with Crippen LogP contribution >= 0.6 is 11.6 Å². The molecule has 0 fully saturated rings. The van der Waals surface area contributed by atoms with Gasteiger partial charge in [-0.05, 0) is 31.2 Å². The maximum Gasteiger partial charge on any atom is 0.263 e. The Morgan fingerprint density at radius 2 is 1.92 bits per heavy atom. The molecule has 1 aromatic heterocycles. The van der Waals surface area contributed by atoms with Crippen LogP contribution in [-0.2, 0) is 14.8 Å². The highest BCUT2D eigenvalue weighted by Crippen LogP contribution is 2.42. The number of fused-ring (bicyclic) bond motifs is 1. The molecule has 0 saturated carbocycles. The topological polar surface area (TPSA) is 148 Å². The maximum atomic E-state index is 13.4. The number of aromatic nitrogens is 2. The molecule has 1 aliphatic heterocycles. The molecule has 0 amide bonds. The van der Waals surface area contributed by atoms with Crippen LogP contribution in [0.4, 0.5) is 5.82 Å². The van der Waals surface area contributed by atoms with Crippen molar-refractivity contribution in [2.75, 3.05) is 38.9 Å². The molecule has 2 N–H and O–H groups in total. The summed E-state index contributed by atoms with van der Waals surface area (Å²) >= 11 is 6.31. The van der Waals surface area contributed by atoms with Gasteiger partial charge in [-0.1, -0.05) is 11.6 Å². The molecule has 1 aliphatic rings. The van der Waals surface area contributed by atoms with Crippen LogP contribution in [0.15, 0.2) is 41.3 Å². The van der Waals surface area contributed by atoms with Crippen LogP contribution in [0.5, 0.6) is 34.6 Å². The molecule has 37 heavy (non-hydrogen) atoms. The van der Waals surface area contributed by atoms with Crippen LogP contribution < -0.4 is 28.4 Å². The van der Waals surface area contributed by atoms with E-state index in [1.807, 2.05) is 0 Å². The van der Waals surface area contributed by atoms with Gasteiger partial charge in [0.25, 0.3) is 15.9 Å². The monoisotopic (exact) mass is 553 g/mol. The number of rotatable bonds is 11. The van der Waals surface area contributed by atoms with Crippen molar-refractivity contribution in [3.8, 4) is 34.6 Å². The van der Waals surface area contributed by atoms with E-state index in [1.165, 1.54) is 38.5 Å². The molecule has 0 bridgehead atoms. The number of halogens is 1. The Kier molecular flexibility index (Phi) is 8.07. The number of aliphatic hydroxyl groups is 1. The predicted molar refractivity (Wildman–Crippen MR) is 131 cm³/mol. The Hall–Kier alpha value is -3.52. The summed E-state index contributed by atoms with van der Waals surface area (Å²) in [4.78, 5) is 8.55. The fourth-order valence-electron chi connectivity index (χ4n) is 3.16. The first-order valence-corrected chi connectivity index (χ1v) is 12.7. The van der Waals surface area contributed by atoms with Gasteiger partial charge in [0.05, 0.1) is 23.6 Å². The molecule has 12 nitrogen and oxygen atoms in total. The molecule has 0 saturated heterocycles. The summed E-state index contributed by atoms with van der Waals surface area (Å²) in [6.45, 7) is 1.16. The first kappa shape index (κ1) is 26.5. The second-order valence-electron chi connectivity index (χ2n) is 7.53. The van der Waals surface area contributed by atoms with Crippen molar-refractivity contribution in [1.82, 2.24) is 9.97 Å². The molecule has 0 spiro atoms. The summed E-state index contributed by atoms with van der Waals surface area (Å²) in [6, 6.07) is 8.84. The molecule has 2 heterocycles. The lowest BCUT2D eigenvalue weighted by molar-refractivity contribution is 0.110. The maximum absolute atomic E-state index is 13.4. The number of anilines is 1. The molecule has 1 unspecified atom stereocenters. The Morgan fingerprint density at radius 3 is 2.65 bits per heavy atom. The summed E-state index contributed by atoms with van der Waals surface area (Å²) in [5, 5.41) is 9.52. The van der Waals surface area contributed by atoms with E-state index in [0.717, 1.165) is 0 Å². The van der Waals surface area contributed by atoms with Crippen molar-refractivity contribution in [2.24, 2.45) is 0 Å². The largest absolute Gasteiger partial charge is 0.497 e. The fraction of sp³-hybridized carbons (Fsp3) is 0.304. The standard InChI is InChI=1S/C23H24ClN3O9S/c1-13(31-2)21-25-22(27-37(29,30)15-5-7-17-19(11-15)35-12-34-17)20(23(26-21)33-9-8-28)36-18-10-14(32-3)4-6-16(18)24/h4-7,10-11,13,28H,8-9,12H2,1-3H3,(H,25,26,27). The van der Waals surface area contributed by atoms with Crippen LogP contribution in [0.1, 0.15) is 18.9 Å². The first-order valence-electron chi connectivity index (χ1n) is 10.9. The number of ether oxygens (including phenoxy) is 6. The number of hydrogen-bond acceptors (Lipinski definition) is 11. The van der Waals surface area contributed by atoms with Gasteiger partial charge in [0.1, 0.15) is 24.2 Å². The molecule has 2 aromatic carbocycles. The van der Waals surface area contributed by atoms with Crippen molar-refractivity contribution in [1.29, 1.82) is 0 Å². The Bertz CT molecular complexity index is 1390. The predicted octanol–water partition coefficient (Wildman–Crippen LogP) is 3.54. The summed E-state index contributed by atoms with van der Waals surface area (Å²) < 4.78 is 61.8. The quantitative estimate of drug-likeness (QED) is 0.359. The fourth-order valence-corrected chi connectivity index (χ4v) is 4.34. The highest BCUT2D eigenvalue weighted by atomic mass is 35.5. The Morgan fingerprint density at radius 1 is 1.14 bits per heavy atom. The van der Waals surface area contributed by atoms with E-state index >= 15 is 0 Å². The zero-order chi connectivity index (χ0) is 26.6. The molecule has 0 aliphatic carbocycles. The van der Waals surface area contributed by atoms with Crippen molar-refractivity contribution >= 4 is 27.4 Å². The van der Waals surface area contributed by atoms with Gasteiger partial charge in [0.15, 0.2) is 23.1 Å². The van der Waals surface area contributed by atoms with E-state index in [4.69, 9.17) is 40.0 Å². The summed E-state index contributed by atoms with van der Waals surface area (Å²) in [5.74, 6) is 0.769. The third-order valence-electron chi connectivity index (χ3n) is 5.13. The zero-order valence-corrected chi connectivity index (χ0v) is 21.6. The summed E-state index contributed by atoms with van der Waals surface area (Å²) in [6.07, 6.45) is -0.639. The molecular weight excluding hydrogens is 530 g/mol. The van der Waals surface area contributed by atoms with Crippen LogP contribution in [0.2, 0.25) is 5.02 Å². The smallest absolute Gasteiger partial charge is 0.263 e. The van der Waals surface area contributed by atoms with Crippen molar-refractivity contribution in [3.05, 3.63) is 47.2 Å². The first-order chi connectivity index (χ1) is 17.7. The highest BCUT2D eigenvalue weighted by Gasteiger charge is 2.27. The van der Waals surface area contributed by atoms with Gasteiger partial charge in [0, 0.05) is 19.2 Å². The average Bonchev–Trinajstić information content (AvgIpc) is 3.37. The number of nitrogens with zero attached hydrogens (tertiary/aromatic N) is 2. The van der Waals surface area contributed by atoms with Crippen LogP contribution in [0, 0.1) is 0 Å². The van der Waals surface area contributed by atoms with E-state index in [0.29, 0.717) is 11.5 Å². The van der Waals surface area contributed by atoms with E-state index in [9.17, 15) is 13.5 Å². The minimum Gasteiger partial charge on any atom is -0.497 e. The molecule has 1 atom stereocenters. The lowest BCUT2D eigenvalue weighted by atomic mass is 10.3. The second-order valence-corrected chi connectivity index (χ2v) is 9.62. The number of sulfonamides is 1. The van der Waals surface area contributed by atoms with E-state index < -0.39 is 16.1 Å². The normalized spacial score (nSPS) is 13.2.